The Kier molecular flexibility index (Phi) is 3.53. The van der Waals surface area contributed by atoms with Crippen LogP contribution in [0, 0.1) is 5.92 Å². The molecule has 0 aromatic carbocycles. The summed E-state index contributed by atoms with van der Waals surface area (Å²) in [6, 6.07) is 0. The van der Waals surface area contributed by atoms with Crippen LogP contribution in [0.3, 0.4) is 0 Å². The van der Waals surface area contributed by atoms with Gasteiger partial charge in [0.1, 0.15) is 0 Å². The minimum atomic E-state index is -0.0935. The van der Waals surface area contributed by atoms with E-state index in [9.17, 15) is 0 Å². The second-order valence-electron chi connectivity index (χ2n) is 4.55. The van der Waals surface area contributed by atoms with Gasteiger partial charge in [-0.15, -0.1) is 0 Å². The monoisotopic (exact) mass is 171 g/mol. The van der Waals surface area contributed by atoms with Gasteiger partial charge < -0.3 is 10.4 Å². The molecular formula is C10H21NO. The van der Waals surface area contributed by atoms with Gasteiger partial charge in [-0.2, -0.15) is 0 Å². The highest BCUT2D eigenvalue weighted by Gasteiger charge is 2.19. The molecule has 2 nitrogen and oxygen atoms in total. The Bertz CT molecular complexity index is 130. The van der Waals surface area contributed by atoms with Gasteiger partial charge in [0.15, 0.2) is 0 Å². The summed E-state index contributed by atoms with van der Waals surface area (Å²) in [6.07, 6.45) is 5.54. The molecule has 0 spiro atoms. The summed E-state index contributed by atoms with van der Waals surface area (Å²) in [4.78, 5) is 0. The molecule has 0 aromatic rings. The van der Waals surface area contributed by atoms with Crippen LogP contribution in [0.15, 0.2) is 0 Å². The van der Waals surface area contributed by atoms with Crippen LogP contribution in [0.4, 0.5) is 0 Å². The highest BCUT2D eigenvalue weighted by atomic mass is 16.3. The molecule has 1 saturated carbocycles. The van der Waals surface area contributed by atoms with Crippen LogP contribution in [0.5, 0.6) is 0 Å². The molecule has 1 aliphatic rings. The van der Waals surface area contributed by atoms with Crippen LogP contribution in [0.25, 0.3) is 0 Å². The topological polar surface area (TPSA) is 32.3 Å². The molecule has 1 rings (SSSR count). The third-order valence-corrected chi connectivity index (χ3v) is 2.78. The Morgan fingerprint density at radius 1 is 1.42 bits per heavy atom. The summed E-state index contributed by atoms with van der Waals surface area (Å²) in [5.74, 6) is 0.965. The van der Waals surface area contributed by atoms with Gasteiger partial charge in [0.25, 0.3) is 0 Å². The molecule has 0 aliphatic heterocycles. The minimum absolute atomic E-state index is 0.0935. The summed E-state index contributed by atoms with van der Waals surface area (Å²) in [5, 5.41) is 12.3. The number of rotatable bonds is 5. The van der Waals surface area contributed by atoms with E-state index in [1.54, 1.807) is 0 Å². The summed E-state index contributed by atoms with van der Waals surface area (Å²) in [7, 11) is 0. The lowest BCUT2D eigenvalue weighted by Gasteiger charge is -2.28. The summed E-state index contributed by atoms with van der Waals surface area (Å²) >= 11 is 0. The molecular weight excluding hydrogens is 150 g/mol. The van der Waals surface area contributed by atoms with Crippen molar-refractivity contribution in [2.75, 3.05) is 13.2 Å². The molecule has 2 heteroatoms. The second kappa shape index (κ2) is 4.24. The molecule has 0 unspecified atom stereocenters. The fourth-order valence-corrected chi connectivity index (χ4v) is 1.45. The third-order valence-electron chi connectivity index (χ3n) is 2.78. The Morgan fingerprint density at radius 2 is 2.08 bits per heavy atom. The maximum Gasteiger partial charge on any atom is 0.0607 e. The van der Waals surface area contributed by atoms with Crippen LogP contribution < -0.4 is 5.32 Å². The summed E-state index contributed by atoms with van der Waals surface area (Å²) in [5.41, 5.74) is -0.0935. The molecule has 12 heavy (non-hydrogen) atoms. The number of aliphatic hydroxyl groups excluding tert-OH is 1. The van der Waals surface area contributed by atoms with Crippen molar-refractivity contribution >= 4 is 0 Å². The van der Waals surface area contributed by atoms with E-state index in [0.29, 0.717) is 0 Å². The zero-order valence-corrected chi connectivity index (χ0v) is 8.27. The van der Waals surface area contributed by atoms with Gasteiger partial charge >= 0.3 is 0 Å². The van der Waals surface area contributed by atoms with Crippen LogP contribution in [0.1, 0.15) is 39.5 Å². The van der Waals surface area contributed by atoms with Crippen molar-refractivity contribution in [2.45, 2.75) is 45.1 Å². The first-order chi connectivity index (χ1) is 5.64. The molecule has 1 aliphatic carbocycles. The molecule has 0 radical (unpaired) electrons. The molecule has 0 aromatic heterocycles. The molecule has 0 amide bonds. The lowest BCUT2D eigenvalue weighted by Crippen LogP contribution is -2.43. The largest absolute Gasteiger partial charge is 0.394 e. The molecule has 0 heterocycles. The first-order valence-corrected chi connectivity index (χ1v) is 5.00. The molecule has 0 saturated heterocycles. The summed E-state index contributed by atoms with van der Waals surface area (Å²) in [6.45, 7) is 5.34. The first-order valence-electron chi connectivity index (χ1n) is 5.00. The van der Waals surface area contributed by atoms with E-state index in [0.717, 1.165) is 12.5 Å². The van der Waals surface area contributed by atoms with Crippen molar-refractivity contribution < 1.29 is 5.11 Å². The number of nitrogens with one attached hydrogen (secondary N) is 1. The minimum Gasteiger partial charge on any atom is -0.394 e. The lowest BCUT2D eigenvalue weighted by atomic mass is 9.83. The maximum atomic E-state index is 8.97. The van der Waals surface area contributed by atoms with Crippen LogP contribution in [0.2, 0.25) is 0 Å². The molecule has 0 atom stereocenters. The van der Waals surface area contributed by atoms with Crippen LogP contribution in [-0.4, -0.2) is 23.8 Å². The first kappa shape index (κ1) is 10.0. The maximum absolute atomic E-state index is 8.97. The Labute approximate surface area is 75.4 Å². The van der Waals surface area contributed by atoms with Gasteiger partial charge in [0.05, 0.1) is 6.61 Å². The average molecular weight is 171 g/mol. The van der Waals surface area contributed by atoms with Gasteiger partial charge in [-0.05, 0) is 32.7 Å². The van der Waals surface area contributed by atoms with E-state index in [1.807, 2.05) is 13.8 Å². The zero-order chi connectivity index (χ0) is 9.03. The van der Waals surface area contributed by atoms with Gasteiger partial charge in [0.2, 0.25) is 0 Å². The number of hydrogen-bond donors (Lipinski definition) is 2. The van der Waals surface area contributed by atoms with E-state index in [2.05, 4.69) is 5.32 Å². The molecule has 0 bridgehead atoms. The fourth-order valence-electron chi connectivity index (χ4n) is 1.45. The van der Waals surface area contributed by atoms with Gasteiger partial charge in [0, 0.05) is 5.54 Å². The van der Waals surface area contributed by atoms with E-state index >= 15 is 0 Å². The zero-order valence-electron chi connectivity index (χ0n) is 8.27. The number of aliphatic hydroxyl groups is 1. The highest BCUT2D eigenvalue weighted by molar-refractivity contribution is 4.77. The highest BCUT2D eigenvalue weighted by Crippen LogP contribution is 2.28. The van der Waals surface area contributed by atoms with Gasteiger partial charge in [-0.3, -0.25) is 0 Å². The fraction of sp³-hybridized carbons (Fsp3) is 1.00. The van der Waals surface area contributed by atoms with Gasteiger partial charge in [-0.25, -0.2) is 0 Å². The molecule has 2 N–H and O–H groups in total. The van der Waals surface area contributed by atoms with Crippen molar-refractivity contribution in [3.05, 3.63) is 0 Å². The normalized spacial score (nSPS) is 19.2. The number of hydrogen-bond acceptors (Lipinski definition) is 2. The van der Waals surface area contributed by atoms with Gasteiger partial charge in [-0.1, -0.05) is 19.3 Å². The predicted molar refractivity (Wildman–Crippen MR) is 51.1 cm³/mol. The standard InChI is InChI=1S/C10H21NO/c1-10(2,8-12)11-7-6-9-4-3-5-9/h9,11-12H,3-8H2,1-2H3. The molecule has 72 valence electrons. The van der Waals surface area contributed by atoms with E-state index in [4.69, 9.17) is 5.11 Å². The quantitative estimate of drug-likeness (QED) is 0.657. The van der Waals surface area contributed by atoms with Crippen molar-refractivity contribution in [1.29, 1.82) is 0 Å². The molecule has 1 fully saturated rings. The van der Waals surface area contributed by atoms with E-state index < -0.39 is 0 Å². The van der Waals surface area contributed by atoms with Crippen molar-refractivity contribution in [1.82, 2.24) is 5.32 Å². The Morgan fingerprint density at radius 3 is 2.50 bits per heavy atom. The smallest absolute Gasteiger partial charge is 0.0607 e. The third kappa shape index (κ3) is 3.11. The lowest BCUT2D eigenvalue weighted by molar-refractivity contribution is 0.181. The van der Waals surface area contributed by atoms with E-state index in [1.165, 1.54) is 25.7 Å². The SMILES string of the molecule is CC(C)(CO)NCCC1CCC1. The van der Waals surface area contributed by atoms with E-state index in [-0.39, 0.29) is 12.1 Å². The van der Waals surface area contributed by atoms with Crippen LogP contribution >= 0.6 is 0 Å². The summed E-state index contributed by atoms with van der Waals surface area (Å²) < 4.78 is 0. The Hall–Kier alpha value is -0.0800. The van der Waals surface area contributed by atoms with Crippen LogP contribution in [-0.2, 0) is 0 Å². The van der Waals surface area contributed by atoms with Crippen molar-refractivity contribution in [3.63, 3.8) is 0 Å². The van der Waals surface area contributed by atoms with Crippen molar-refractivity contribution in [2.24, 2.45) is 5.92 Å². The second-order valence-corrected chi connectivity index (χ2v) is 4.55. The predicted octanol–water partition coefficient (Wildman–Crippen LogP) is 1.54. The van der Waals surface area contributed by atoms with Crippen molar-refractivity contribution in [3.8, 4) is 0 Å². The average Bonchev–Trinajstić information content (AvgIpc) is 1.95. The Balaban J connectivity index is 2.00.